The molecule has 0 unspecified atom stereocenters. The molecule has 0 radical (unpaired) electrons. The molecule has 0 aromatic heterocycles. The van der Waals surface area contributed by atoms with E-state index in [9.17, 15) is 18.0 Å². The van der Waals surface area contributed by atoms with Crippen molar-refractivity contribution in [1.29, 1.82) is 0 Å². The standard InChI is InChI=1S/C33H33Cl2N3O4S/c1-22(2)36-33(40)29(20-23-9-4-3-5-10-23)37(21-24-16-17-26(34)27(35)19-24)31(39)15-8-18-38-28-13-6-11-25-12-7-14-30(32(25)28)43(38,41)42/h3-7,9-14,16-17,19,22,29H,8,15,18,20-21H2,1-2H3,(H,36,40)/t29-/m0/s1. The zero-order valence-corrected chi connectivity index (χ0v) is 26.3. The maximum absolute atomic E-state index is 14.0. The van der Waals surface area contributed by atoms with E-state index in [4.69, 9.17) is 23.2 Å². The van der Waals surface area contributed by atoms with E-state index in [2.05, 4.69) is 5.32 Å². The number of nitrogens with zero attached hydrogens (tertiary/aromatic N) is 2. The molecule has 1 heterocycles. The van der Waals surface area contributed by atoms with E-state index >= 15 is 0 Å². The van der Waals surface area contributed by atoms with Crippen LogP contribution in [0, 0.1) is 0 Å². The summed E-state index contributed by atoms with van der Waals surface area (Å²) in [6.45, 7) is 4.00. The molecule has 1 aliphatic rings. The van der Waals surface area contributed by atoms with Crippen LogP contribution in [0.3, 0.4) is 0 Å². The van der Waals surface area contributed by atoms with Crippen LogP contribution < -0.4 is 9.62 Å². The number of sulfonamides is 1. The molecule has 4 aromatic rings. The van der Waals surface area contributed by atoms with Gasteiger partial charge in [0.25, 0.3) is 10.0 Å². The van der Waals surface area contributed by atoms with Gasteiger partial charge in [-0.15, -0.1) is 0 Å². The highest BCUT2D eigenvalue weighted by Crippen LogP contribution is 2.42. The highest BCUT2D eigenvalue weighted by molar-refractivity contribution is 7.93. The Bertz CT molecular complexity index is 1760. The van der Waals surface area contributed by atoms with Gasteiger partial charge in [-0.05, 0) is 61.0 Å². The second-order valence-electron chi connectivity index (χ2n) is 11.0. The first-order chi connectivity index (χ1) is 20.6. The number of hydrogen-bond acceptors (Lipinski definition) is 4. The van der Waals surface area contributed by atoms with Gasteiger partial charge in [0.2, 0.25) is 11.8 Å². The van der Waals surface area contributed by atoms with Crippen LogP contribution >= 0.6 is 23.2 Å². The molecule has 0 saturated carbocycles. The minimum Gasteiger partial charge on any atom is -0.352 e. The number of nitrogens with one attached hydrogen (secondary N) is 1. The average molecular weight is 639 g/mol. The Kier molecular flexibility index (Phi) is 9.30. The first kappa shape index (κ1) is 30.9. The van der Waals surface area contributed by atoms with Crippen molar-refractivity contribution in [3.63, 3.8) is 0 Å². The number of carbonyl (C=O) groups is 2. The van der Waals surface area contributed by atoms with Crippen molar-refractivity contribution in [1.82, 2.24) is 10.2 Å². The number of halogens is 2. The molecular formula is C33H33Cl2N3O4S. The van der Waals surface area contributed by atoms with Crippen molar-refractivity contribution in [2.75, 3.05) is 10.8 Å². The van der Waals surface area contributed by atoms with Gasteiger partial charge in [-0.1, -0.05) is 83.9 Å². The van der Waals surface area contributed by atoms with Gasteiger partial charge >= 0.3 is 0 Å². The molecular weight excluding hydrogens is 605 g/mol. The van der Waals surface area contributed by atoms with Crippen LogP contribution in [0.1, 0.15) is 37.8 Å². The molecule has 0 fully saturated rings. The number of benzene rings is 4. The predicted molar refractivity (Wildman–Crippen MR) is 172 cm³/mol. The number of hydrogen-bond donors (Lipinski definition) is 1. The maximum Gasteiger partial charge on any atom is 0.265 e. The topological polar surface area (TPSA) is 86.8 Å². The molecule has 0 spiro atoms. The van der Waals surface area contributed by atoms with E-state index in [0.29, 0.717) is 27.5 Å². The summed E-state index contributed by atoms with van der Waals surface area (Å²) in [5.74, 6) is -0.533. The summed E-state index contributed by atoms with van der Waals surface area (Å²) in [4.78, 5) is 29.4. The van der Waals surface area contributed by atoms with Crippen molar-refractivity contribution >= 4 is 61.5 Å². The van der Waals surface area contributed by atoms with Crippen LogP contribution in [-0.4, -0.2) is 43.8 Å². The Morgan fingerprint density at radius 1 is 0.884 bits per heavy atom. The van der Waals surface area contributed by atoms with Crippen LogP contribution in [0.4, 0.5) is 5.69 Å². The smallest absolute Gasteiger partial charge is 0.265 e. The fourth-order valence-electron chi connectivity index (χ4n) is 5.49. The molecule has 4 aromatic carbocycles. The molecule has 0 aliphatic carbocycles. The maximum atomic E-state index is 14.0. The lowest BCUT2D eigenvalue weighted by Gasteiger charge is -2.32. The molecule has 1 aliphatic heterocycles. The first-order valence-electron chi connectivity index (χ1n) is 14.2. The number of carbonyl (C=O) groups excluding carboxylic acids is 2. The minimum absolute atomic E-state index is 0.0416. The minimum atomic E-state index is -3.74. The van der Waals surface area contributed by atoms with Gasteiger partial charge in [0.1, 0.15) is 6.04 Å². The van der Waals surface area contributed by atoms with Crippen LogP contribution in [0.15, 0.2) is 89.8 Å². The van der Waals surface area contributed by atoms with E-state index in [1.54, 1.807) is 41.3 Å². The molecule has 2 amide bonds. The van der Waals surface area contributed by atoms with Gasteiger partial charge < -0.3 is 10.2 Å². The molecule has 0 bridgehead atoms. The van der Waals surface area contributed by atoms with Crippen LogP contribution in [0.2, 0.25) is 10.0 Å². The van der Waals surface area contributed by atoms with Crippen molar-refractivity contribution in [3.05, 3.63) is 106 Å². The molecule has 0 saturated heterocycles. The van der Waals surface area contributed by atoms with Crippen LogP contribution in [-0.2, 0) is 32.6 Å². The lowest BCUT2D eigenvalue weighted by Crippen LogP contribution is -2.51. The molecule has 7 nitrogen and oxygen atoms in total. The lowest BCUT2D eigenvalue weighted by molar-refractivity contribution is -0.141. The second kappa shape index (κ2) is 13.0. The second-order valence-corrected chi connectivity index (χ2v) is 13.6. The lowest BCUT2D eigenvalue weighted by atomic mass is 10.0. The summed E-state index contributed by atoms with van der Waals surface area (Å²) in [5.41, 5.74) is 2.25. The third-order valence-electron chi connectivity index (χ3n) is 7.47. The first-order valence-corrected chi connectivity index (χ1v) is 16.4. The molecule has 1 N–H and O–H groups in total. The van der Waals surface area contributed by atoms with Gasteiger partial charge in [0, 0.05) is 37.4 Å². The zero-order chi connectivity index (χ0) is 30.7. The van der Waals surface area contributed by atoms with Crippen molar-refractivity contribution < 1.29 is 18.0 Å². The van der Waals surface area contributed by atoms with Gasteiger partial charge in [-0.2, -0.15) is 0 Å². The summed E-state index contributed by atoms with van der Waals surface area (Å²) < 4.78 is 28.2. The van der Waals surface area contributed by atoms with Gasteiger partial charge in [-0.3, -0.25) is 13.9 Å². The number of amides is 2. The predicted octanol–water partition coefficient (Wildman–Crippen LogP) is 6.60. The summed E-state index contributed by atoms with van der Waals surface area (Å²) in [7, 11) is -3.74. The third kappa shape index (κ3) is 6.66. The van der Waals surface area contributed by atoms with E-state index in [0.717, 1.165) is 16.5 Å². The molecule has 10 heteroatoms. The van der Waals surface area contributed by atoms with E-state index in [1.165, 1.54) is 4.31 Å². The summed E-state index contributed by atoms with van der Waals surface area (Å²) in [5, 5.41) is 5.27. The highest BCUT2D eigenvalue weighted by atomic mass is 35.5. The summed E-state index contributed by atoms with van der Waals surface area (Å²) >= 11 is 12.4. The largest absolute Gasteiger partial charge is 0.352 e. The SMILES string of the molecule is CC(C)NC(=O)[C@H](Cc1ccccc1)N(Cc1ccc(Cl)c(Cl)c1)C(=O)CCCN1c2cccc3cccc(c23)S1(=O)=O. The molecule has 1 atom stereocenters. The fourth-order valence-corrected chi connectivity index (χ4v) is 7.56. The summed E-state index contributed by atoms with van der Waals surface area (Å²) in [6.07, 6.45) is 0.619. The monoisotopic (exact) mass is 637 g/mol. The van der Waals surface area contributed by atoms with E-state index < -0.39 is 16.1 Å². The Hall–Kier alpha value is -3.59. The summed E-state index contributed by atoms with van der Waals surface area (Å²) in [6, 6.07) is 24.5. The normalized spacial score (nSPS) is 14.2. The Morgan fingerprint density at radius 2 is 1.60 bits per heavy atom. The third-order valence-corrected chi connectivity index (χ3v) is 10.1. The molecule has 43 heavy (non-hydrogen) atoms. The quantitative estimate of drug-likeness (QED) is 0.201. The van der Waals surface area contributed by atoms with E-state index in [1.807, 2.05) is 62.4 Å². The van der Waals surface area contributed by atoms with E-state index in [-0.39, 0.29) is 48.7 Å². The van der Waals surface area contributed by atoms with Crippen molar-refractivity contribution in [2.45, 2.75) is 56.6 Å². The Balaban J connectivity index is 1.41. The Morgan fingerprint density at radius 3 is 2.30 bits per heavy atom. The number of anilines is 1. The van der Waals surface area contributed by atoms with Crippen LogP contribution in [0.5, 0.6) is 0 Å². The zero-order valence-electron chi connectivity index (χ0n) is 24.0. The number of rotatable bonds is 11. The Labute approximate surface area is 262 Å². The van der Waals surface area contributed by atoms with Crippen molar-refractivity contribution in [2.24, 2.45) is 0 Å². The highest BCUT2D eigenvalue weighted by Gasteiger charge is 2.36. The van der Waals surface area contributed by atoms with Crippen LogP contribution in [0.25, 0.3) is 10.8 Å². The van der Waals surface area contributed by atoms with Gasteiger partial charge in [-0.25, -0.2) is 8.42 Å². The average Bonchev–Trinajstić information content (AvgIpc) is 3.20. The molecule has 5 rings (SSSR count). The van der Waals surface area contributed by atoms with Gasteiger partial charge in [0.05, 0.1) is 20.6 Å². The van der Waals surface area contributed by atoms with Gasteiger partial charge in [0.15, 0.2) is 0 Å². The molecule has 224 valence electrons. The van der Waals surface area contributed by atoms with Crippen molar-refractivity contribution in [3.8, 4) is 0 Å². The fraction of sp³-hybridized carbons (Fsp3) is 0.273.